The van der Waals surface area contributed by atoms with Crippen LogP contribution in [0.25, 0.3) is 0 Å². The third-order valence-corrected chi connectivity index (χ3v) is 3.91. The van der Waals surface area contributed by atoms with E-state index in [0.29, 0.717) is 12.5 Å². The summed E-state index contributed by atoms with van der Waals surface area (Å²) in [5.74, 6) is 1.45. The third-order valence-electron chi connectivity index (χ3n) is 3.50. The van der Waals surface area contributed by atoms with Gasteiger partial charge in [0.15, 0.2) is 0 Å². The van der Waals surface area contributed by atoms with Gasteiger partial charge < -0.3 is 10.1 Å². The molecule has 3 heteroatoms. The molecule has 2 rings (SSSR count). The Kier molecular flexibility index (Phi) is 5.51. The normalized spacial score (nSPS) is 10.7. The number of hydrogen-bond acceptors (Lipinski definition) is 2. The van der Waals surface area contributed by atoms with E-state index < -0.39 is 0 Å². The fraction of sp³-hybridized carbons (Fsp3) is 0.333. The smallest absolute Gasteiger partial charge is 0.119 e. The minimum atomic E-state index is 0.548. The van der Waals surface area contributed by atoms with Crippen molar-refractivity contribution in [2.75, 3.05) is 18.5 Å². The van der Waals surface area contributed by atoms with Crippen LogP contribution in [0.15, 0.2) is 42.5 Å². The van der Waals surface area contributed by atoms with E-state index in [0.717, 1.165) is 28.6 Å². The van der Waals surface area contributed by atoms with Gasteiger partial charge in [0.2, 0.25) is 0 Å². The Morgan fingerprint density at radius 3 is 2.48 bits per heavy atom. The monoisotopic (exact) mass is 303 g/mol. The molecule has 2 nitrogen and oxygen atoms in total. The van der Waals surface area contributed by atoms with Crippen LogP contribution < -0.4 is 10.1 Å². The van der Waals surface area contributed by atoms with Gasteiger partial charge in [0.25, 0.3) is 0 Å². The van der Waals surface area contributed by atoms with Crippen molar-refractivity contribution < 1.29 is 4.74 Å². The molecular formula is C18H22ClNO. The highest BCUT2D eigenvalue weighted by atomic mass is 35.5. The average Bonchev–Trinajstić information content (AvgIpc) is 2.48. The first-order chi connectivity index (χ1) is 10.1. The van der Waals surface area contributed by atoms with Crippen molar-refractivity contribution in [2.45, 2.75) is 26.7 Å². The van der Waals surface area contributed by atoms with Gasteiger partial charge in [-0.05, 0) is 48.2 Å². The van der Waals surface area contributed by atoms with E-state index >= 15 is 0 Å². The zero-order chi connectivity index (χ0) is 15.2. The Hall–Kier alpha value is -1.67. The zero-order valence-corrected chi connectivity index (χ0v) is 13.6. The van der Waals surface area contributed by atoms with Crippen molar-refractivity contribution >= 4 is 17.3 Å². The Morgan fingerprint density at radius 2 is 1.81 bits per heavy atom. The lowest BCUT2D eigenvalue weighted by Gasteiger charge is -2.12. The van der Waals surface area contributed by atoms with Gasteiger partial charge in [0, 0.05) is 17.3 Å². The molecule has 2 aromatic rings. The highest BCUT2D eigenvalue weighted by Crippen LogP contribution is 2.22. The number of hydrogen-bond donors (Lipinski definition) is 1. The zero-order valence-electron chi connectivity index (χ0n) is 12.8. The molecule has 0 aliphatic rings. The molecule has 0 fully saturated rings. The first-order valence-corrected chi connectivity index (χ1v) is 7.67. The summed E-state index contributed by atoms with van der Waals surface area (Å²) in [5, 5.41) is 4.13. The number of rotatable bonds is 6. The van der Waals surface area contributed by atoms with Crippen LogP contribution in [0.5, 0.6) is 5.75 Å². The van der Waals surface area contributed by atoms with Crippen molar-refractivity contribution in [3.8, 4) is 5.75 Å². The van der Waals surface area contributed by atoms with E-state index in [-0.39, 0.29) is 0 Å². The van der Waals surface area contributed by atoms with E-state index in [1.807, 2.05) is 37.3 Å². The lowest BCUT2D eigenvalue weighted by molar-refractivity contribution is 0.333. The molecule has 2 aromatic carbocycles. The minimum Gasteiger partial charge on any atom is -0.492 e. The number of anilines is 1. The predicted molar refractivity (Wildman–Crippen MR) is 90.7 cm³/mol. The molecule has 0 atom stereocenters. The van der Waals surface area contributed by atoms with Gasteiger partial charge in [-0.1, -0.05) is 43.6 Å². The van der Waals surface area contributed by atoms with Crippen LogP contribution in [0.1, 0.15) is 30.9 Å². The Bertz CT molecular complexity index is 578. The SMILES string of the molecule is Cc1c(Cl)cccc1NCCOc1ccc(C(C)C)cc1. The van der Waals surface area contributed by atoms with Gasteiger partial charge in [-0.25, -0.2) is 0 Å². The highest BCUT2D eigenvalue weighted by molar-refractivity contribution is 6.31. The third kappa shape index (κ3) is 4.40. The number of ether oxygens (including phenoxy) is 1. The van der Waals surface area contributed by atoms with Crippen molar-refractivity contribution in [1.29, 1.82) is 0 Å². The van der Waals surface area contributed by atoms with Crippen molar-refractivity contribution in [3.63, 3.8) is 0 Å². The van der Waals surface area contributed by atoms with Gasteiger partial charge in [-0.2, -0.15) is 0 Å². The van der Waals surface area contributed by atoms with Gasteiger partial charge in [0.1, 0.15) is 12.4 Å². The second kappa shape index (κ2) is 7.37. The molecule has 0 aliphatic carbocycles. The van der Waals surface area contributed by atoms with E-state index in [4.69, 9.17) is 16.3 Å². The van der Waals surface area contributed by atoms with Gasteiger partial charge in [-0.3, -0.25) is 0 Å². The number of halogens is 1. The molecule has 112 valence electrons. The summed E-state index contributed by atoms with van der Waals surface area (Å²) < 4.78 is 5.74. The number of benzene rings is 2. The fourth-order valence-electron chi connectivity index (χ4n) is 2.10. The lowest BCUT2D eigenvalue weighted by Crippen LogP contribution is -2.12. The van der Waals surface area contributed by atoms with Crippen molar-refractivity contribution in [1.82, 2.24) is 0 Å². The molecule has 0 spiro atoms. The maximum absolute atomic E-state index is 6.09. The molecule has 0 saturated heterocycles. The Morgan fingerprint density at radius 1 is 1.10 bits per heavy atom. The summed E-state index contributed by atoms with van der Waals surface area (Å²) in [7, 11) is 0. The summed E-state index contributed by atoms with van der Waals surface area (Å²) in [5.41, 5.74) is 3.46. The molecule has 0 saturated carbocycles. The summed E-state index contributed by atoms with van der Waals surface area (Å²) in [6.07, 6.45) is 0. The highest BCUT2D eigenvalue weighted by Gasteiger charge is 2.02. The number of nitrogens with one attached hydrogen (secondary N) is 1. The van der Waals surface area contributed by atoms with Gasteiger partial charge in [0.05, 0.1) is 0 Å². The topological polar surface area (TPSA) is 21.3 Å². The molecular weight excluding hydrogens is 282 g/mol. The minimum absolute atomic E-state index is 0.548. The summed E-state index contributed by atoms with van der Waals surface area (Å²) >= 11 is 6.09. The molecule has 0 aromatic heterocycles. The molecule has 0 amide bonds. The van der Waals surface area contributed by atoms with Crippen molar-refractivity contribution in [3.05, 3.63) is 58.6 Å². The maximum atomic E-state index is 6.09. The van der Waals surface area contributed by atoms with Crippen LogP contribution in [0.3, 0.4) is 0 Å². The van der Waals surface area contributed by atoms with Crippen LogP contribution in [-0.2, 0) is 0 Å². The van der Waals surface area contributed by atoms with E-state index in [2.05, 4.69) is 31.3 Å². The largest absolute Gasteiger partial charge is 0.492 e. The molecule has 0 unspecified atom stereocenters. The van der Waals surface area contributed by atoms with E-state index in [9.17, 15) is 0 Å². The van der Waals surface area contributed by atoms with E-state index in [1.54, 1.807) is 0 Å². The fourth-order valence-corrected chi connectivity index (χ4v) is 2.28. The van der Waals surface area contributed by atoms with Crippen LogP contribution in [0.4, 0.5) is 5.69 Å². The second-order valence-electron chi connectivity index (χ2n) is 5.41. The summed E-state index contributed by atoms with van der Waals surface area (Å²) in [6, 6.07) is 14.2. The first kappa shape index (κ1) is 15.7. The summed E-state index contributed by atoms with van der Waals surface area (Å²) in [4.78, 5) is 0. The second-order valence-corrected chi connectivity index (χ2v) is 5.82. The summed E-state index contributed by atoms with van der Waals surface area (Å²) in [6.45, 7) is 7.75. The average molecular weight is 304 g/mol. The predicted octanol–water partition coefficient (Wildman–Crippen LogP) is 5.26. The molecule has 1 N–H and O–H groups in total. The molecule has 0 bridgehead atoms. The van der Waals surface area contributed by atoms with Crippen LogP contribution in [0, 0.1) is 6.92 Å². The standard InChI is InChI=1S/C18H22ClNO/c1-13(2)15-7-9-16(10-8-15)21-12-11-20-18-6-4-5-17(19)14(18)3/h4-10,13,20H,11-12H2,1-3H3. The first-order valence-electron chi connectivity index (χ1n) is 7.29. The van der Waals surface area contributed by atoms with Gasteiger partial charge in [-0.15, -0.1) is 0 Å². The van der Waals surface area contributed by atoms with Crippen LogP contribution in [-0.4, -0.2) is 13.2 Å². The molecule has 21 heavy (non-hydrogen) atoms. The van der Waals surface area contributed by atoms with Gasteiger partial charge >= 0.3 is 0 Å². The molecule has 0 heterocycles. The lowest BCUT2D eigenvalue weighted by atomic mass is 10.0. The van der Waals surface area contributed by atoms with Crippen LogP contribution in [0.2, 0.25) is 5.02 Å². The molecule has 0 aliphatic heterocycles. The quantitative estimate of drug-likeness (QED) is 0.735. The Balaban J connectivity index is 1.80. The van der Waals surface area contributed by atoms with Crippen LogP contribution >= 0.6 is 11.6 Å². The molecule has 0 radical (unpaired) electrons. The van der Waals surface area contributed by atoms with E-state index in [1.165, 1.54) is 5.56 Å². The Labute approximate surface area is 132 Å². The van der Waals surface area contributed by atoms with Crippen molar-refractivity contribution in [2.24, 2.45) is 0 Å². The maximum Gasteiger partial charge on any atom is 0.119 e.